The third-order valence-electron chi connectivity index (χ3n) is 3.28. The molecule has 1 aliphatic heterocycles. The van der Waals surface area contributed by atoms with Gasteiger partial charge in [0.25, 0.3) is 0 Å². The van der Waals surface area contributed by atoms with E-state index in [1.54, 1.807) is 0 Å². The highest BCUT2D eigenvalue weighted by atomic mass is 15.3. The van der Waals surface area contributed by atoms with Crippen LogP contribution in [0.2, 0.25) is 0 Å². The molecule has 0 atom stereocenters. The lowest BCUT2D eigenvalue weighted by Gasteiger charge is -2.15. The minimum absolute atomic E-state index is 0.540. The van der Waals surface area contributed by atoms with E-state index in [-0.39, 0.29) is 0 Å². The zero-order valence-corrected chi connectivity index (χ0v) is 10.3. The van der Waals surface area contributed by atoms with Crippen LogP contribution in [0.25, 0.3) is 5.69 Å². The van der Waals surface area contributed by atoms with Crippen molar-refractivity contribution in [2.45, 2.75) is 19.9 Å². The van der Waals surface area contributed by atoms with Crippen molar-refractivity contribution in [2.75, 3.05) is 6.54 Å². The van der Waals surface area contributed by atoms with Gasteiger partial charge in [-0.15, -0.1) is 0 Å². The molecule has 0 radical (unpaired) electrons. The van der Waals surface area contributed by atoms with Crippen molar-refractivity contribution >= 4 is 0 Å². The van der Waals surface area contributed by atoms with E-state index in [4.69, 9.17) is 5.26 Å². The first-order chi connectivity index (χ1) is 8.79. The van der Waals surface area contributed by atoms with E-state index in [0.29, 0.717) is 5.69 Å². The summed E-state index contributed by atoms with van der Waals surface area (Å²) in [5.74, 6) is 0. The molecule has 4 nitrogen and oxygen atoms in total. The molecule has 0 amide bonds. The summed E-state index contributed by atoms with van der Waals surface area (Å²) in [6.45, 7) is 3.74. The topological polar surface area (TPSA) is 53.6 Å². The van der Waals surface area contributed by atoms with Gasteiger partial charge in [-0.1, -0.05) is 12.1 Å². The Labute approximate surface area is 106 Å². The molecular formula is C14H14N4. The summed E-state index contributed by atoms with van der Waals surface area (Å²) in [5, 5.41) is 16.9. The van der Waals surface area contributed by atoms with Gasteiger partial charge in [-0.25, -0.2) is 4.68 Å². The SMILES string of the molecule is Cc1cccc(-n2nc(C#N)c3c2CCNC3)c1. The van der Waals surface area contributed by atoms with Gasteiger partial charge in [-0.05, 0) is 24.6 Å². The monoisotopic (exact) mass is 238 g/mol. The molecule has 3 rings (SSSR count). The molecule has 0 aliphatic carbocycles. The maximum Gasteiger partial charge on any atom is 0.167 e. The summed E-state index contributed by atoms with van der Waals surface area (Å²) in [6.07, 6.45) is 0.915. The molecule has 2 heterocycles. The fourth-order valence-electron chi connectivity index (χ4n) is 2.41. The van der Waals surface area contributed by atoms with E-state index in [1.165, 1.54) is 5.56 Å². The zero-order chi connectivity index (χ0) is 12.5. The summed E-state index contributed by atoms with van der Waals surface area (Å²) in [4.78, 5) is 0. The average molecular weight is 238 g/mol. The molecule has 18 heavy (non-hydrogen) atoms. The van der Waals surface area contributed by atoms with Gasteiger partial charge >= 0.3 is 0 Å². The highest BCUT2D eigenvalue weighted by molar-refractivity contribution is 5.43. The van der Waals surface area contributed by atoms with Crippen LogP contribution in [0.5, 0.6) is 0 Å². The van der Waals surface area contributed by atoms with Crippen molar-refractivity contribution < 1.29 is 0 Å². The smallest absolute Gasteiger partial charge is 0.167 e. The summed E-state index contributed by atoms with van der Waals surface area (Å²) < 4.78 is 1.92. The number of nitrogens with one attached hydrogen (secondary N) is 1. The van der Waals surface area contributed by atoms with Crippen LogP contribution in [0, 0.1) is 18.3 Å². The predicted molar refractivity (Wildman–Crippen MR) is 68.4 cm³/mol. The number of hydrogen-bond acceptors (Lipinski definition) is 3. The summed E-state index contributed by atoms with van der Waals surface area (Å²) >= 11 is 0. The largest absolute Gasteiger partial charge is 0.312 e. The van der Waals surface area contributed by atoms with Gasteiger partial charge in [0.1, 0.15) is 6.07 Å². The Balaban J connectivity index is 2.18. The molecule has 1 N–H and O–H groups in total. The molecule has 0 fully saturated rings. The lowest BCUT2D eigenvalue weighted by Crippen LogP contribution is -2.24. The maximum absolute atomic E-state index is 9.15. The normalized spacial score (nSPS) is 14.0. The Kier molecular flexibility index (Phi) is 2.62. The van der Waals surface area contributed by atoms with Gasteiger partial charge in [0.05, 0.1) is 11.4 Å². The van der Waals surface area contributed by atoms with Crippen LogP contribution in [0.1, 0.15) is 22.5 Å². The quantitative estimate of drug-likeness (QED) is 0.822. The zero-order valence-electron chi connectivity index (χ0n) is 10.3. The first kappa shape index (κ1) is 11.0. The molecule has 0 saturated heterocycles. The van der Waals surface area contributed by atoms with Crippen LogP contribution in [0.4, 0.5) is 0 Å². The van der Waals surface area contributed by atoms with Gasteiger partial charge in [-0.3, -0.25) is 0 Å². The Hall–Kier alpha value is -2.12. The molecule has 2 aromatic rings. The van der Waals surface area contributed by atoms with Crippen molar-refractivity contribution in [3.05, 3.63) is 46.8 Å². The molecule has 1 aromatic carbocycles. The third-order valence-corrected chi connectivity index (χ3v) is 3.28. The van der Waals surface area contributed by atoms with Crippen LogP contribution >= 0.6 is 0 Å². The van der Waals surface area contributed by atoms with Crippen molar-refractivity contribution in [2.24, 2.45) is 0 Å². The first-order valence-electron chi connectivity index (χ1n) is 6.08. The number of fused-ring (bicyclic) bond motifs is 1. The number of benzene rings is 1. The predicted octanol–water partition coefficient (Wildman–Crippen LogP) is 1.70. The summed E-state index contributed by atoms with van der Waals surface area (Å²) in [7, 11) is 0. The van der Waals surface area contributed by atoms with Crippen molar-refractivity contribution in [1.82, 2.24) is 15.1 Å². The molecule has 0 unspecified atom stereocenters. The van der Waals surface area contributed by atoms with E-state index < -0.39 is 0 Å². The second kappa shape index (κ2) is 4.28. The van der Waals surface area contributed by atoms with E-state index >= 15 is 0 Å². The molecule has 90 valence electrons. The number of rotatable bonds is 1. The van der Waals surface area contributed by atoms with Crippen LogP contribution in [0.15, 0.2) is 24.3 Å². The van der Waals surface area contributed by atoms with Gasteiger partial charge in [0.2, 0.25) is 0 Å². The first-order valence-corrected chi connectivity index (χ1v) is 6.08. The van der Waals surface area contributed by atoms with Crippen molar-refractivity contribution in [1.29, 1.82) is 5.26 Å². The van der Waals surface area contributed by atoms with E-state index in [0.717, 1.165) is 36.5 Å². The minimum Gasteiger partial charge on any atom is -0.312 e. The number of nitriles is 1. The van der Waals surface area contributed by atoms with E-state index in [2.05, 4.69) is 35.5 Å². The van der Waals surface area contributed by atoms with Crippen LogP contribution in [-0.2, 0) is 13.0 Å². The lowest BCUT2D eigenvalue weighted by molar-refractivity contribution is 0.622. The number of hydrogen-bond donors (Lipinski definition) is 1. The fraction of sp³-hybridized carbons (Fsp3) is 0.286. The van der Waals surface area contributed by atoms with E-state index in [9.17, 15) is 0 Å². The lowest BCUT2D eigenvalue weighted by atomic mass is 10.1. The van der Waals surface area contributed by atoms with Crippen molar-refractivity contribution in [3.8, 4) is 11.8 Å². The molecule has 1 aliphatic rings. The molecule has 4 heteroatoms. The van der Waals surface area contributed by atoms with Gasteiger partial charge in [0, 0.05) is 25.1 Å². The van der Waals surface area contributed by atoms with E-state index in [1.807, 2.05) is 16.8 Å². The second-order valence-corrected chi connectivity index (χ2v) is 4.56. The Bertz CT molecular complexity index is 634. The van der Waals surface area contributed by atoms with Crippen LogP contribution in [-0.4, -0.2) is 16.3 Å². The van der Waals surface area contributed by atoms with Crippen LogP contribution in [0.3, 0.4) is 0 Å². The highest BCUT2D eigenvalue weighted by Gasteiger charge is 2.21. The Morgan fingerprint density at radius 3 is 3.11 bits per heavy atom. The van der Waals surface area contributed by atoms with Gasteiger partial charge < -0.3 is 5.32 Å². The molecular weight excluding hydrogens is 224 g/mol. The Morgan fingerprint density at radius 1 is 1.44 bits per heavy atom. The number of aromatic nitrogens is 2. The van der Waals surface area contributed by atoms with Gasteiger partial charge in [-0.2, -0.15) is 10.4 Å². The standard InChI is InChI=1S/C14H14N4/c1-10-3-2-4-11(7-10)18-14-5-6-16-9-12(14)13(8-15)17-18/h2-4,7,16H,5-6,9H2,1H3. The number of aryl methyl sites for hydroxylation is 1. The fourth-order valence-corrected chi connectivity index (χ4v) is 2.41. The average Bonchev–Trinajstić information content (AvgIpc) is 2.77. The minimum atomic E-state index is 0.540. The summed E-state index contributed by atoms with van der Waals surface area (Å²) in [6, 6.07) is 10.4. The van der Waals surface area contributed by atoms with Crippen molar-refractivity contribution in [3.63, 3.8) is 0 Å². The molecule has 0 bridgehead atoms. The maximum atomic E-state index is 9.15. The van der Waals surface area contributed by atoms with Gasteiger partial charge in [0.15, 0.2) is 5.69 Å². The van der Waals surface area contributed by atoms with Crippen LogP contribution < -0.4 is 5.32 Å². The molecule has 0 saturated carbocycles. The Morgan fingerprint density at radius 2 is 2.33 bits per heavy atom. The molecule has 1 aromatic heterocycles. The second-order valence-electron chi connectivity index (χ2n) is 4.56. The highest BCUT2D eigenvalue weighted by Crippen LogP contribution is 2.21. The third kappa shape index (κ3) is 1.69. The molecule has 0 spiro atoms. The number of nitrogens with zero attached hydrogens (tertiary/aromatic N) is 3. The summed E-state index contributed by atoms with van der Waals surface area (Å²) in [5.41, 5.74) is 4.98.